The van der Waals surface area contributed by atoms with Crippen LogP contribution < -0.4 is 5.73 Å². The second kappa shape index (κ2) is 4.78. The predicted octanol–water partition coefficient (Wildman–Crippen LogP) is 0.857. The third-order valence-electron chi connectivity index (χ3n) is 3.29. The molecule has 17 heavy (non-hydrogen) atoms. The van der Waals surface area contributed by atoms with Crippen LogP contribution in [0.1, 0.15) is 37.3 Å². The predicted molar refractivity (Wildman–Crippen MR) is 64.5 cm³/mol. The van der Waals surface area contributed by atoms with Gasteiger partial charge in [-0.1, -0.05) is 6.92 Å². The van der Waals surface area contributed by atoms with Gasteiger partial charge in [0, 0.05) is 18.9 Å². The zero-order chi connectivity index (χ0) is 12.5. The Kier molecular flexibility index (Phi) is 3.53. The normalized spacial score (nSPS) is 24.9. The highest BCUT2D eigenvalue weighted by atomic mass is 32.2. The molecule has 2 heterocycles. The molecular formula is C11H18N2O3S. The Hall–Kier alpha value is -0.880. The number of hydrogen-bond acceptors (Lipinski definition) is 5. The molecule has 6 heteroatoms. The Morgan fingerprint density at radius 1 is 1.65 bits per heavy atom. The van der Waals surface area contributed by atoms with Crippen molar-refractivity contribution in [1.29, 1.82) is 0 Å². The molecule has 1 saturated heterocycles. The van der Waals surface area contributed by atoms with Crippen molar-refractivity contribution in [2.75, 3.05) is 12.3 Å². The summed E-state index contributed by atoms with van der Waals surface area (Å²) in [6, 6.07) is 0. The Bertz CT molecular complexity index is 481. The van der Waals surface area contributed by atoms with Crippen molar-refractivity contribution in [3.63, 3.8) is 0 Å². The average molecular weight is 258 g/mol. The number of aromatic nitrogens is 1. The Morgan fingerprint density at radius 3 is 3.00 bits per heavy atom. The largest absolute Gasteiger partial charge is 0.449 e. The van der Waals surface area contributed by atoms with Crippen LogP contribution in [0.15, 0.2) is 10.7 Å². The molecule has 2 unspecified atom stereocenters. The quantitative estimate of drug-likeness (QED) is 0.865. The van der Waals surface area contributed by atoms with Gasteiger partial charge in [0.15, 0.2) is 15.7 Å². The third kappa shape index (κ3) is 2.69. The van der Waals surface area contributed by atoms with Gasteiger partial charge >= 0.3 is 0 Å². The fourth-order valence-electron chi connectivity index (χ4n) is 2.05. The summed E-state index contributed by atoms with van der Waals surface area (Å²) in [7, 11) is -2.93. The molecule has 1 fully saturated rings. The van der Waals surface area contributed by atoms with E-state index in [4.69, 9.17) is 10.2 Å². The number of nitrogens with two attached hydrogens (primary N) is 1. The molecule has 0 aliphatic carbocycles. The van der Waals surface area contributed by atoms with E-state index in [9.17, 15) is 8.42 Å². The van der Waals surface area contributed by atoms with Gasteiger partial charge in [-0.05, 0) is 12.8 Å². The van der Waals surface area contributed by atoms with Crippen molar-refractivity contribution in [1.82, 2.24) is 4.98 Å². The van der Waals surface area contributed by atoms with Crippen LogP contribution in [0.5, 0.6) is 0 Å². The lowest BCUT2D eigenvalue weighted by molar-refractivity contribution is 0.482. The standard InChI is InChI=1S/C11H18N2O3S/c1-8(6-12)10-7-16-11(13-10)5-9-3-2-4-17(9,14)15/h7-9H,2-6,12H2,1H3. The maximum absolute atomic E-state index is 11.7. The van der Waals surface area contributed by atoms with E-state index in [2.05, 4.69) is 4.98 Å². The van der Waals surface area contributed by atoms with Crippen molar-refractivity contribution >= 4 is 9.84 Å². The number of sulfone groups is 1. The van der Waals surface area contributed by atoms with Crippen LogP contribution in [-0.4, -0.2) is 30.9 Å². The molecule has 2 rings (SSSR count). The first-order chi connectivity index (χ1) is 8.03. The van der Waals surface area contributed by atoms with Crippen molar-refractivity contribution in [3.05, 3.63) is 17.8 Å². The summed E-state index contributed by atoms with van der Waals surface area (Å²) in [6.07, 6.45) is 3.43. The monoisotopic (exact) mass is 258 g/mol. The average Bonchev–Trinajstić information content (AvgIpc) is 2.86. The molecule has 1 aromatic rings. The zero-order valence-corrected chi connectivity index (χ0v) is 10.7. The van der Waals surface area contributed by atoms with Crippen molar-refractivity contribution in [3.8, 4) is 0 Å². The van der Waals surface area contributed by atoms with Gasteiger partial charge in [0.1, 0.15) is 6.26 Å². The summed E-state index contributed by atoms with van der Waals surface area (Å²) in [5, 5.41) is -0.317. The Balaban J connectivity index is 2.07. The fourth-order valence-corrected chi connectivity index (χ4v) is 3.87. The highest BCUT2D eigenvalue weighted by molar-refractivity contribution is 7.92. The molecule has 0 radical (unpaired) electrons. The van der Waals surface area contributed by atoms with Crippen molar-refractivity contribution < 1.29 is 12.8 Å². The minimum absolute atomic E-state index is 0.146. The number of nitrogens with zero attached hydrogens (tertiary/aromatic N) is 1. The number of oxazole rings is 1. The van der Waals surface area contributed by atoms with Crippen LogP contribution in [-0.2, 0) is 16.3 Å². The zero-order valence-electron chi connectivity index (χ0n) is 9.93. The van der Waals surface area contributed by atoms with E-state index in [1.54, 1.807) is 6.26 Å². The molecule has 2 atom stereocenters. The fraction of sp³-hybridized carbons (Fsp3) is 0.727. The molecule has 1 aliphatic rings. The summed E-state index contributed by atoms with van der Waals surface area (Å²) in [6.45, 7) is 2.47. The Morgan fingerprint density at radius 2 is 2.41 bits per heavy atom. The molecule has 0 amide bonds. The molecule has 1 aliphatic heterocycles. The minimum Gasteiger partial charge on any atom is -0.449 e. The summed E-state index contributed by atoms with van der Waals surface area (Å²) < 4.78 is 28.7. The van der Waals surface area contributed by atoms with E-state index >= 15 is 0 Å². The molecule has 96 valence electrons. The molecule has 0 saturated carbocycles. The molecule has 5 nitrogen and oxygen atoms in total. The summed E-state index contributed by atoms with van der Waals surface area (Å²) in [5.74, 6) is 0.952. The third-order valence-corrected chi connectivity index (χ3v) is 5.57. The van der Waals surface area contributed by atoms with Gasteiger partial charge in [-0.25, -0.2) is 13.4 Å². The van der Waals surface area contributed by atoms with Gasteiger partial charge in [0.05, 0.1) is 16.7 Å². The van der Waals surface area contributed by atoms with Gasteiger partial charge in [-0.2, -0.15) is 0 Å². The molecular weight excluding hydrogens is 240 g/mol. The molecule has 0 spiro atoms. The van der Waals surface area contributed by atoms with E-state index in [-0.39, 0.29) is 11.2 Å². The van der Waals surface area contributed by atoms with Gasteiger partial charge in [0.2, 0.25) is 0 Å². The van der Waals surface area contributed by atoms with Crippen molar-refractivity contribution in [2.45, 2.75) is 37.4 Å². The van der Waals surface area contributed by atoms with E-state index in [0.29, 0.717) is 31.0 Å². The second-order valence-electron chi connectivity index (χ2n) is 4.64. The van der Waals surface area contributed by atoms with E-state index in [1.807, 2.05) is 6.92 Å². The summed E-state index contributed by atoms with van der Waals surface area (Å²) in [5.41, 5.74) is 6.35. The Labute approximate surface area is 101 Å². The molecule has 0 bridgehead atoms. The van der Waals surface area contributed by atoms with Gasteiger partial charge in [0.25, 0.3) is 0 Å². The smallest absolute Gasteiger partial charge is 0.195 e. The lowest BCUT2D eigenvalue weighted by Gasteiger charge is -2.05. The topological polar surface area (TPSA) is 86.2 Å². The summed E-state index contributed by atoms with van der Waals surface area (Å²) >= 11 is 0. The number of hydrogen-bond donors (Lipinski definition) is 1. The van der Waals surface area contributed by atoms with Crippen LogP contribution in [0.4, 0.5) is 0 Å². The SMILES string of the molecule is CC(CN)c1coc(CC2CCCS2(=O)=O)n1. The molecule has 1 aromatic heterocycles. The maximum Gasteiger partial charge on any atom is 0.195 e. The lowest BCUT2D eigenvalue weighted by atomic mass is 10.1. The van der Waals surface area contributed by atoms with Crippen LogP contribution in [0.2, 0.25) is 0 Å². The van der Waals surface area contributed by atoms with Gasteiger partial charge < -0.3 is 10.2 Å². The second-order valence-corrected chi connectivity index (χ2v) is 7.04. The molecule has 2 N–H and O–H groups in total. The maximum atomic E-state index is 11.7. The van der Waals surface area contributed by atoms with Crippen LogP contribution in [0.25, 0.3) is 0 Å². The minimum atomic E-state index is -2.93. The summed E-state index contributed by atoms with van der Waals surface area (Å²) in [4.78, 5) is 4.30. The van der Waals surface area contributed by atoms with Gasteiger partial charge in [-0.15, -0.1) is 0 Å². The highest BCUT2D eigenvalue weighted by Gasteiger charge is 2.32. The van der Waals surface area contributed by atoms with E-state index < -0.39 is 9.84 Å². The van der Waals surface area contributed by atoms with Crippen LogP contribution in [0, 0.1) is 0 Å². The number of rotatable bonds is 4. The molecule has 0 aromatic carbocycles. The van der Waals surface area contributed by atoms with E-state index in [1.165, 1.54) is 0 Å². The van der Waals surface area contributed by atoms with Gasteiger partial charge in [-0.3, -0.25) is 0 Å². The first kappa shape index (κ1) is 12.6. The highest BCUT2D eigenvalue weighted by Crippen LogP contribution is 2.24. The first-order valence-corrected chi connectivity index (χ1v) is 7.60. The van der Waals surface area contributed by atoms with Crippen LogP contribution in [0.3, 0.4) is 0 Å². The first-order valence-electron chi connectivity index (χ1n) is 5.89. The lowest BCUT2D eigenvalue weighted by Crippen LogP contribution is -2.18. The van der Waals surface area contributed by atoms with Crippen LogP contribution >= 0.6 is 0 Å². The van der Waals surface area contributed by atoms with Crippen molar-refractivity contribution in [2.24, 2.45) is 5.73 Å². The van der Waals surface area contributed by atoms with E-state index in [0.717, 1.165) is 12.1 Å².